The molecule has 21 heavy (non-hydrogen) atoms. The summed E-state index contributed by atoms with van der Waals surface area (Å²) < 4.78 is 13.1. The van der Waals surface area contributed by atoms with E-state index in [1.54, 1.807) is 0 Å². The van der Waals surface area contributed by atoms with Crippen LogP contribution in [0.5, 0.6) is 0 Å². The fourth-order valence-corrected chi connectivity index (χ4v) is 3.06. The summed E-state index contributed by atoms with van der Waals surface area (Å²) in [6.07, 6.45) is 2.02. The molecule has 1 aliphatic rings. The van der Waals surface area contributed by atoms with Crippen LogP contribution >= 0.6 is 0 Å². The number of aromatic nitrogens is 1. The van der Waals surface area contributed by atoms with E-state index in [1.165, 1.54) is 29.0 Å². The van der Waals surface area contributed by atoms with Gasteiger partial charge in [0, 0.05) is 24.3 Å². The number of amides is 1. The molecule has 0 bridgehead atoms. The molecular weight excluding hydrogens is 267 g/mol. The lowest BCUT2D eigenvalue weighted by molar-refractivity contribution is 0.0482. The van der Waals surface area contributed by atoms with E-state index in [9.17, 15) is 9.18 Å². The van der Waals surface area contributed by atoms with Crippen LogP contribution in [0.25, 0.3) is 0 Å². The first-order valence-corrected chi connectivity index (χ1v) is 7.12. The largest absolute Gasteiger partial charge is 0.355 e. The summed E-state index contributed by atoms with van der Waals surface area (Å²) in [6, 6.07) is 7.44. The smallest absolute Gasteiger partial charge is 0.271 e. The van der Waals surface area contributed by atoms with Gasteiger partial charge in [-0.25, -0.2) is 4.39 Å². The highest BCUT2D eigenvalue weighted by Gasteiger charge is 2.37. The van der Waals surface area contributed by atoms with E-state index in [-0.39, 0.29) is 11.4 Å². The van der Waals surface area contributed by atoms with Crippen LogP contribution in [-0.2, 0) is 13.0 Å². The van der Waals surface area contributed by atoms with Crippen molar-refractivity contribution in [3.05, 3.63) is 58.7 Å². The fourth-order valence-electron chi connectivity index (χ4n) is 3.06. The summed E-state index contributed by atoms with van der Waals surface area (Å²) in [6.45, 7) is 6.77. The van der Waals surface area contributed by atoms with Crippen molar-refractivity contribution in [3.63, 3.8) is 0 Å². The third kappa shape index (κ3) is 2.35. The lowest BCUT2D eigenvalue weighted by atomic mass is 9.83. The van der Waals surface area contributed by atoms with Crippen LogP contribution in [-0.4, -0.2) is 21.3 Å². The molecule has 0 saturated carbocycles. The van der Waals surface area contributed by atoms with E-state index >= 15 is 0 Å². The molecule has 0 spiro atoms. The molecular formula is C17H19FN2O. The molecule has 0 radical (unpaired) electrons. The maximum atomic E-state index is 13.1. The van der Waals surface area contributed by atoms with E-state index < -0.39 is 5.82 Å². The first-order chi connectivity index (χ1) is 9.88. The number of nitrogens with zero attached hydrogens (tertiary/aromatic N) is 1. The zero-order valence-electron chi connectivity index (χ0n) is 12.5. The van der Waals surface area contributed by atoms with Gasteiger partial charge in [0.1, 0.15) is 11.5 Å². The molecule has 1 aromatic carbocycles. The second-order valence-electron chi connectivity index (χ2n) is 6.32. The minimum absolute atomic E-state index is 0.156. The zero-order chi connectivity index (χ0) is 15.2. The molecule has 1 aliphatic heterocycles. The first kappa shape index (κ1) is 13.9. The average molecular weight is 286 g/mol. The van der Waals surface area contributed by atoms with Crippen molar-refractivity contribution >= 4 is 5.91 Å². The van der Waals surface area contributed by atoms with Gasteiger partial charge in [0.25, 0.3) is 5.91 Å². The van der Waals surface area contributed by atoms with E-state index in [0.29, 0.717) is 12.2 Å². The quantitative estimate of drug-likeness (QED) is 0.856. The molecule has 0 aliphatic carbocycles. The van der Waals surface area contributed by atoms with Gasteiger partial charge in [0.15, 0.2) is 0 Å². The maximum absolute atomic E-state index is 13.1. The van der Waals surface area contributed by atoms with Crippen LogP contribution in [0.1, 0.15) is 41.0 Å². The predicted octanol–water partition coefficient (Wildman–Crippen LogP) is 3.44. The monoisotopic (exact) mass is 286 g/mol. The number of benzene rings is 1. The topological polar surface area (TPSA) is 36.1 Å². The Morgan fingerprint density at radius 1 is 1.38 bits per heavy atom. The Morgan fingerprint density at radius 3 is 2.81 bits per heavy atom. The van der Waals surface area contributed by atoms with E-state index in [2.05, 4.69) is 37.9 Å². The van der Waals surface area contributed by atoms with Crippen LogP contribution in [0, 0.1) is 12.7 Å². The van der Waals surface area contributed by atoms with Crippen LogP contribution in [0.3, 0.4) is 0 Å². The molecule has 0 saturated heterocycles. The normalized spacial score (nSPS) is 16.7. The number of H-pyrrole nitrogens is 1. The molecule has 2 aromatic rings. The zero-order valence-corrected chi connectivity index (χ0v) is 12.5. The first-order valence-electron chi connectivity index (χ1n) is 7.12. The van der Waals surface area contributed by atoms with Crippen molar-refractivity contribution in [3.8, 4) is 0 Å². The Kier molecular flexibility index (Phi) is 3.12. The van der Waals surface area contributed by atoms with Gasteiger partial charge in [-0.15, -0.1) is 0 Å². The second kappa shape index (κ2) is 4.72. The molecule has 1 amide bonds. The van der Waals surface area contributed by atoms with Gasteiger partial charge in [-0.1, -0.05) is 18.2 Å². The van der Waals surface area contributed by atoms with Gasteiger partial charge in [-0.3, -0.25) is 4.79 Å². The lowest BCUT2D eigenvalue weighted by Crippen LogP contribution is -2.51. The fraction of sp³-hybridized carbons (Fsp3) is 0.353. The summed E-state index contributed by atoms with van der Waals surface area (Å²) in [5, 5.41) is 0. The molecule has 3 rings (SSSR count). The van der Waals surface area contributed by atoms with E-state index in [0.717, 1.165) is 6.42 Å². The van der Waals surface area contributed by atoms with Crippen LogP contribution in [0.2, 0.25) is 0 Å². The highest BCUT2D eigenvalue weighted by molar-refractivity contribution is 5.93. The number of carbonyl (C=O) groups excluding carboxylic acids is 1. The molecule has 0 fully saturated rings. The van der Waals surface area contributed by atoms with Crippen LogP contribution < -0.4 is 0 Å². The molecule has 1 aromatic heterocycles. The van der Waals surface area contributed by atoms with Gasteiger partial charge in [0.05, 0.1) is 0 Å². The third-order valence-corrected chi connectivity index (χ3v) is 4.30. The number of aryl methyl sites for hydroxylation is 1. The molecule has 4 heteroatoms. The minimum atomic E-state index is -0.413. The summed E-state index contributed by atoms with van der Waals surface area (Å²) in [7, 11) is 0. The van der Waals surface area contributed by atoms with Gasteiger partial charge >= 0.3 is 0 Å². The van der Waals surface area contributed by atoms with Crippen LogP contribution in [0.15, 0.2) is 30.5 Å². The molecule has 2 heterocycles. The summed E-state index contributed by atoms with van der Waals surface area (Å²) in [5.41, 5.74) is 3.77. The number of fused-ring (bicyclic) bond motifs is 1. The Balaban J connectivity index is 1.98. The molecule has 110 valence electrons. The highest BCUT2D eigenvalue weighted by atomic mass is 19.1. The number of nitrogens with one attached hydrogen (secondary N) is 1. The number of rotatable bonds is 1. The van der Waals surface area contributed by atoms with Gasteiger partial charge < -0.3 is 9.88 Å². The molecule has 1 N–H and O–H groups in total. The summed E-state index contributed by atoms with van der Waals surface area (Å²) in [4.78, 5) is 17.2. The Labute approximate surface area is 123 Å². The van der Waals surface area contributed by atoms with Gasteiger partial charge in [-0.05, 0) is 43.9 Å². The number of carbonyl (C=O) groups is 1. The third-order valence-electron chi connectivity index (χ3n) is 4.30. The highest BCUT2D eigenvalue weighted by Crippen LogP contribution is 2.33. The summed E-state index contributed by atoms with van der Waals surface area (Å²) in [5.74, 6) is -0.569. The molecule has 3 nitrogen and oxygen atoms in total. The number of halogens is 1. The minimum Gasteiger partial charge on any atom is -0.355 e. The van der Waals surface area contributed by atoms with Crippen molar-refractivity contribution in [2.75, 3.05) is 0 Å². The van der Waals surface area contributed by atoms with Crippen molar-refractivity contribution in [1.82, 2.24) is 9.88 Å². The number of hydrogen-bond donors (Lipinski definition) is 1. The van der Waals surface area contributed by atoms with Gasteiger partial charge in [0.2, 0.25) is 0 Å². The van der Waals surface area contributed by atoms with E-state index in [1.807, 2.05) is 11.0 Å². The predicted molar refractivity (Wildman–Crippen MR) is 79.6 cm³/mol. The number of aromatic amines is 1. The Bertz CT molecular complexity index is 703. The Morgan fingerprint density at radius 2 is 2.14 bits per heavy atom. The van der Waals surface area contributed by atoms with E-state index in [4.69, 9.17) is 0 Å². The maximum Gasteiger partial charge on any atom is 0.271 e. The standard InChI is InChI=1S/C17H19FN2O/c1-11-5-4-6-12-10-20(17(2,3)8-14(11)12)16(21)15-7-13(18)9-19-15/h4-7,9,19H,8,10H2,1-3H3. The van der Waals surface area contributed by atoms with Gasteiger partial charge in [-0.2, -0.15) is 0 Å². The van der Waals surface area contributed by atoms with Crippen LogP contribution in [0.4, 0.5) is 4.39 Å². The Hall–Kier alpha value is -2.10. The van der Waals surface area contributed by atoms with Crippen molar-refractivity contribution in [2.45, 2.75) is 39.3 Å². The average Bonchev–Trinajstić information content (AvgIpc) is 2.84. The SMILES string of the molecule is Cc1cccc2c1CC(C)(C)N(C(=O)c1cc(F)c[nH]1)C2. The molecule has 0 atom stereocenters. The van der Waals surface area contributed by atoms with Crippen molar-refractivity contribution in [1.29, 1.82) is 0 Å². The molecule has 0 unspecified atom stereocenters. The second-order valence-corrected chi connectivity index (χ2v) is 6.32. The lowest BCUT2D eigenvalue weighted by Gasteiger charge is -2.43. The number of hydrogen-bond acceptors (Lipinski definition) is 1. The summed E-state index contributed by atoms with van der Waals surface area (Å²) >= 11 is 0. The van der Waals surface area contributed by atoms with Crippen molar-refractivity contribution in [2.24, 2.45) is 0 Å². The van der Waals surface area contributed by atoms with Crippen molar-refractivity contribution < 1.29 is 9.18 Å².